The summed E-state index contributed by atoms with van der Waals surface area (Å²) in [4.78, 5) is 16.7. The van der Waals surface area contributed by atoms with Crippen LogP contribution in [-0.2, 0) is 16.1 Å². The smallest absolute Gasteiger partial charge is 0.240 e. The van der Waals surface area contributed by atoms with E-state index < -0.39 is 5.54 Å². The molecule has 2 aromatic rings. The second kappa shape index (κ2) is 10.6. The molecule has 0 saturated carbocycles. The average Bonchev–Trinajstić information content (AvgIpc) is 2.64. The van der Waals surface area contributed by atoms with E-state index in [0.717, 1.165) is 22.4 Å². The van der Waals surface area contributed by atoms with Crippen LogP contribution in [0.5, 0.6) is 11.6 Å². The fourth-order valence-corrected chi connectivity index (χ4v) is 2.88. The van der Waals surface area contributed by atoms with E-state index in [1.165, 1.54) is 0 Å². The van der Waals surface area contributed by atoms with Crippen molar-refractivity contribution < 1.29 is 14.3 Å². The molecule has 1 aliphatic rings. The first-order valence-corrected chi connectivity index (χ1v) is 8.82. The number of aryl methyl sites for hydroxylation is 1. The summed E-state index contributed by atoms with van der Waals surface area (Å²) in [6, 6.07) is 9.59. The van der Waals surface area contributed by atoms with E-state index >= 15 is 0 Å². The van der Waals surface area contributed by atoms with Gasteiger partial charge in [0.2, 0.25) is 11.8 Å². The number of benzene rings is 1. The minimum absolute atomic E-state index is 0. The molecule has 0 radical (unpaired) electrons. The van der Waals surface area contributed by atoms with Crippen LogP contribution in [0.2, 0.25) is 0 Å². The van der Waals surface area contributed by atoms with Crippen LogP contribution in [0, 0.1) is 13.8 Å². The highest BCUT2D eigenvalue weighted by Gasteiger charge is 2.35. The van der Waals surface area contributed by atoms with Crippen LogP contribution in [-0.4, -0.2) is 29.6 Å². The lowest BCUT2D eigenvalue weighted by Gasteiger charge is -2.31. The molecule has 1 aliphatic heterocycles. The second-order valence-electron chi connectivity index (χ2n) is 6.75. The van der Waals surface area contributed by atoms with Crippen molar-refractivity contribution in [2.45, 2.75) is 38.8 Å². The normalized spacial score (nSPS) is 15.0. The molecule has 28 heavy (non-hydrogen) atoms. The van der Waals surface area contributed by atoms with Crippen LogP contribution in [0.3, 0.4) is 0 Å². The molecule has 1 aromatic carbocycles. The molecule has 2 heterocycles. The zero-order valence-corrected chi connectivity index (χ0v) is 17.7. The van der Waals surface area contributed by atoms with Crippen molar-refractivity contribution in [1.82, 2.24) is 10.3 Å². The van der Waals surface area contributed by atoms with E-state index in [1.54, 1.807) is 6.20 Å². The number of nitrogens with one attached hydrogen (secondary N) is 1. The van der Waals surface area contributed by atoms with Crippen LogP contribution in [0.15, 0.2) is 36.5 Å². The first-order valence-electron chi connectivity index (χ1n) is 8.82. The van der Waals surface area contributed by atoms with Gasteiger partial charge in [-0.2, -0.15) is 0 Å². The van der Waals surface area contributed by atoms with Gasteiger partial charge >= 0.3 is 0 Å². The highest BCUT2D eigenvalue weighted by atomic mass is 35.5. The molecule has 3 N–H and O–H groups in total. The van der Waals surface area contributed by atoms with Gasteiger partial charge in [-0.15, -0.1) is 24.8 Å². The number of aromatic nitrogens is 1. The van der Waals surface area contributed by atoms with Gasteiger partial charge in [0, 0.05) is 32.0 Å². The SMILES string of the molecule is Cc1cccc(Oc2cc(CNC(=O)C3(N)CCOCC3)ccn2)c1C.Cl.Cl. The third-order valence-electron chi connectivity index (χ3n) is 4.86. The van der Waals surface area contributed by atoms with Crippen molar-refractivity contribution in [1.29, 1.82) is 0 Å². The van der Waals surface area contributed by atoms with Gasteiger partial charge in [-0.05, 0) is 55.5 Å². The summed E-state index contributed by atoms with van der Waals surface area (Å²) in [5.41, 5.74) is 8.51. The Bertz CT molecular complexity index is 796. The molecule has 0 unspecified atom stereocenters. The number of hydrogen-bond donors (Lipinski definition) is 2. The van der Waals surface area contributed by atoms with Gasteiger partial charge in [0.15, 0.2) is 0 Å². The molecule has 154 valence electrons. The van der Waals surface area contributed by atoms with Gasteiger partial charge in [-0.25, -0.2) is 4.98 Å². The number of hydrogen-bond acceptors (Lipinski definition) is 5. The molecule has 1 fully saturated rings. The summed E-state index contributed by atoms with van der Waals surface area (Å²) < 4.78 is 11.2. The molecule has 0 bridgehead atoms. The minimum Gasteiger partial charge on any atom is -0.439 e. The molecule has 6 nitrogen and oxygen atoms in total. The molecule has 1 amide bonds. The van der Waals surface area contributed by atoms with Gasteiger partial charge < -0.3 is 20.5 Å². The van der Waals surface area contributed by atoms with E-state index in [0.29, 0.717) is 38.5 Å². The van der Waals surface area contributed by atoms with E-state index in [2.05, 4.69) is 10.3 Å². The molecule has 0 aliphatic carbocycles. The number of carbonyl (C=O) groups is 1. The highest BCUT2D eigenvalue weighted by Crippen LogP contribution is 2.26. The third-order valence-corrected chi connectivity index (χ3v) is 4.86. The maximum Gasteiger partial charge on any atom is 0.240 e. The lowest BCUT2D eigenvalue weighted by Crippen LogP contribution is -2.56. The molecule has 1 aromatic heterocycles. The summed E-state index contributed by atoms with van der Waals surface area (Å²) in [6.07, 6.45) is 2.75. The van der Waals surface area contributed by atoms with E-state index in [-0.39, 0.29) is 30.7 Å². The summed E-state index contributed by atoms with van der Waals surface area (Å²) in [6.45, 7) is 5.48. The van der Waals surface area contributed by atoms with Crippen molar-refractivity contribution >= 4 is 30.7 Å². The molecule has 0 spiro atoms. The van der Waals surface area contributed by atoms with Gasteiger partial charge in [0.1, 0.15) is 5.75 Å². The minimum atomic E-state index is -0.844. The maximum atomic E-state index is 12.4. The van der Waals surface area contributed by atoms with E-state index in [9.17, 15) is 4.79 Å². The molecule has 8 heteroatoms. The number of pyridine rings is 1. The van der Waals surface area contributed by atoms with E-state index in [1.807, 2.05) is 44.2 Å². The second-order valence-corrected chi connectivity index (χ2v) is 6.75. The topological polar surface area (TPSA) is 86.5 Å². The van der Waals surface area contributed by atoms with Crippen LogP contribution >= 0.6 is 24.8 Å². The standard InChI is InChI=1S/C20H25N3O3.2ClH/c1-14-4-3-5-17(15(14)2)26-18-12-16(6-9-22-18)13-23-19(24)20(21)7-10-25-11-8-20;;/h3-6,9,12H,7-8,10-11,13,21H2,1-2H3,(H,23,24);2*1H. The van der Waals surface area contributed by atoms with Crippen molar-refractivity contribution in [2.75, 3.05) is 13.2 Å². The average molecular weight is 428 g/mol. The van der Waals surface area contributed by atoms with Gasteiger partial charge in [-0.3, -0.25) is 4.79 Å². The van der Waals surface area contributed by atoms with Crippen LogP contribution in [0.1, 0.15) is 29.5 Å². The van der Waals surface area contributed by atoms with Crippen molar-refractivity contribution in [3.05, 3.63) is 53.2 Å². The summed E-state index contributed by atoms with van der Waals surface area (Å²) >= 11 is 0. The summed E-state index contributed by atoms with van der Waals surface area (Å²) in [7, 11) is 0. The number of ether oxygens (including phenoxy) is 2. The Balaban J connectivity index is 0.00000196. The number of rotatable bonds is 5. The van der Waals surface area contributed by atoms with Crippen molar-refractivity contribution in [2.24, 2.45) is 5.73 Å². The van der Waals surface area contributed by atoms with Gasteiger partial charge in [0.05, 0.1) is 5.54 Å². The first kappa shape index (κ1) is 24.2. The largest absolute Gasteiger partial charge is 0.439 e. The lowest BCUT2D eigenvalue weighted by atomic mass is 9.90. The Morgan fingerprint density at radius 3 is 2.68 bits per heavy atom. The van der Waals surface area contributed by atoms with Crippen LogP contribution < -0.4 is 15.8 Å². The first-order chi connectivity index (χ1) is 12.5. The predicted molar refractivity (Wildman–Crippen MR) is 114 cm³/mol. The van der Waals surface area contributed by atoms with Crippen LogP contribution in [0.25, 0.3) is 0 Å². The van der Waals surface area contributed by atoms with Gasteiger partial charge in [0.25, 0.3) is 0 Å². The van der Waals surface area contributed by atoms with Gasteiger partial charge in [-0.1, -0.05) is 12.1 Å². The highest BCUT2D eigenvalue weighted by molar-refractivity contribution is 5.86. The molecule has 3 rings (SSSR count). The fraction of sp³-hybridized carbons (Fsp3) is 0.400. The fourth-order valence-electron chi connectivity index (χ4n) is 2.88. The Morgan fingerprint density at radius 1 is 1.25 bits per heavy atom. The Labute approximate surface area is 178 Å². The summed E-state index contributed by atoms with van der Waals surface area (Å²) in [5.74, 6) is 1.13. The Morgan fingerprint density at radius 2 is 1.96 bits per heavy atom. The Kier molecular flexibility index (Phi) is 9.17. The number of amides is 1. The lowest BCUT2D eigenvalue weighted by molar-refractivity contribution is -0.129. The zero-order chi connectivity index (χ0) is 18.6. The van der Waals surface area contributed by atoms with Crippen molar-refractivity contribution in [3.63, 3.8) is 0 Å². The number of nitrogens with zero attached hydrogens (tertiary/aromatic N) is 1. The molecular formula is C20H27Cl2N3O3. The van der Waals surface area contributed by atoms with E-state index in [4.69, 9.17) is 15.2 Å². The van der Waals surface area contributed by atoms with Crippen LogP contribution in [0.4, 0.5) is 0 Å². The Hall–Kier alpha value is -1.86. The van der Waals surface area contributed by atoms with Crippen molar-refractivity contribution in [3.8, 4) is 11.6 Å². The number of carbonyl (C=O) groups excluding carboxylic acids is 1. The number of nitrogens with two attached hydrogens (primary N) is 1. The monoisotopic (exact) mass is 427 g/mol. The quantitative estimate of drug-likeness (QED) is 0.762. The predicted octanol–water partition coefficient (Wildman–Crippen LogP) is 3.46. The summed E-state index contributed by atoms with van der Waals surface area (Å²) in [5, 5.41) is 2.92. The maximum absolute atomic E-state index is 12.4. The zero-order valence-electron chi connectivity index (χ0n) is 16.1. The molecular weight excluding hydrogens is 401 g/mol. The molecule has 1 saturated heterocycles. The molecule has 0 atom stereocenters. The third kappa shape index (κ3) is 5.82. The number of halogens is 2.